The van der Waals surface area contributed by atoms with Gasteiger partial charge in [-0.15, -0.1) is 0 Å². The number of hydrogen-bond acceptors (Lipinski definition) is 7. The molecule has 0 bridgehead atoms. The molecule has 3 rings (SSSR count). The van der Waals surface area contributed by atoms with E-state index in [0.29, 0.717) is 24.6 Å². The van der Waals surface area contributed by atoms with Gasteiger partial charge in [0.05, 0.1) is 19.8 Å². The largest absolute Gasteiger partial charge is 0.467 e. The number of ether oxygens (including phenoxy) is 2. The van der Waals surface area contributed by atoms with Crippen molar-refractivity contribution in [2.45, 2.75) is 38.3 Å². The summed E-state index contributed by atoms with van der Waals surface area (Å²) in [5.41, 5.74) is 7.72. The molecule has 0 radical (unpaired) electrons. The molecule has 7 nitrogen and oxygen atoms in total. The molecule has 1 fully saturated rings. The van der Waals surface area contributed by atoms with Gasteiger partial charge in [0.15, 0.2) is 0 Å². The molecule has 1 heterocycles. The van der Waals surface area contributed by atoms with E-state index in [1.807, 2.05) is 67.9 Å². The molecule has 0 aliphatic carbocycles. The van der Waals surface area contributed by atoms with Crippen LogP contribution in [0.15, 0.2) is 48.7 Å². The zero-order valence-corrected chi connectivity index (χ0v) is 22.4. The minimum atomic E-state index is -0.691. The fourth-order valence-corrected chi connectivity index (χ4v) is 4.90. The van der Waals surface area contributed by atoms with Gasteiger partial charge in [0.2, 0.25) is 0 Å². The first kappa shape index (κ1) is 27.8. The first-order chi connectivity index (χ1) is 17.5. The van der Waals surface area contributed by atoms with Crippen LogP contribution in [-0.2, 0) is 14.3 Å². The fraction of sp³-hybridized carbons (Fsp3) is 0.429. The molecule has 1 aliphatic heterocycles. The van der Waals surface area contributed by atoms with Crippen molar-refractivity contribution >= 4 is 29.7 Å². The van der Waals surface area contributed by atoms with Crippen LogP contribution in [0.2, 0.25) is 0 Å². The second-order valence-corrected chi connectivity index (χ2v) is 9.84. The quantitative estimate of drug-likeness (QED) is 0.412. The lowest BCUT2D eigenvalue weighted by Crippen LogP contribution is -2.42. The molecule has 0 spiro atoms. The summed E-state index contributed by atoms with van der Waals surface area (Å²) in [4.78, 5) is 25.6. The third-order valence-corrected chi connectivity index (χ3v) is 7.02. The van der Waals surface area contributed by atoms with Crippen LogP contribution >= 0.6 is 11.8 Å². The summed E-state index contributed by atoms with van der Waals surface area (Å²) in [6, 6.07) is 13.4. The maximum Gasteiger partial charge on any atom is 0.328 e. The molecular formula is C28H37N3O4S. The number of esters is 1. The summed E-state index contributed by atoms with van der Waals surface area (Å²) in [5.74, 6) is 0.0102. The first-order valence-electron chi connectivity index (χ1n) is 12.2. The molecular weight excluding hydrogens is 474 g/mol. The number of amides is 1. The standard InChI is InChI=1S/C28H37N3O4S/c1-20-8-5-6-10-23(20)25-18-21(13-15-29-31-16-7-9-22(31)19-34-2)11-12-24(25)27(32)30-26(14-17-36-4)28(33)35-3/h5-6,8,10-13,15,18,22,26,29H,7,9,14,16-17,19H2,1-4H3,(H,30,32)/b15-13+/t22-,26+/m1/s1. The maximum absolute atomic E-state index is 13.4. The number of benzene rings is 2. The van der Waals surface area contributed by atoms with E-state index in [1.165, 1.54) is 7.11 Å². The third kappa shape index (κ3) is 7.35. The molecule has 0 unspecified atom stereocenters. The van der Waals surface area contributed by atoms with Gasteiger partial charge in [-0.2, -0.15) is 11.8 Å². The summed E-state index contributed by atoms with van der Waals surface area (Å²) in [6.07, 6.45) is 8.65. The molecule has 8 heteroatoms. The summed E-state index contributed by atoms with van der Waals surface area (Å²) >= 11 is 1.62. The highest BCUT2D eigenvalue weighted by Gasteiger charge is 2.24. The predicted molar refractivity (Wildman–Crippen MR) is 147 cm³/mol. The van der Waals surface area contributed by atoms with Gasteiger partial charge in [0, 0.05) is 25.4 Å². The van der Waals surface area contributed by atoms with E-state index in [-0.39, 0.29) is 5.91 Å². The van der Waals surface area contributed by atoms with Crippen molar-refractivity contribution in [2.24, 2.45) is 0 Å². The van der Waals surface area contributed by atoms with Gasteiger partial charge in [-0.05, 0) is 78.7 Å². The minimum Gasteiger partial charge on any atom is -0.467 e. The van der Waals surface area contributed by atoms with Gasteiger partial charge in [-0.1, -0.05) is 30.3 Å². The van der Waals surface area contributed by atoms with Crippen LogP contribution in [0.1, 0.15) is 40.7 Å². The lowest BCUT2D eigenvalue weighted by Gasteiger charge is -2.23. The van der Waals surface area contributed by atoms with E-state index in [4.69, 9.17) is 9.47 Å². The lowest BCUT2D eigenvalue weighted by molar-refractivity contribution is -0.142. The van der Waals surface area contributed by atoms with Gasteiger partial charge >= 0.3 is 5.97 Å². The Hall–Kier alpha value is -2.81. The Morgan fingerprint density at radius 1 is 1.19 bits per heavy atom. The second-order valence-electron chi connectivity index (χ2n) is 8.86. The number of thioether (sulfide) groups is 1. The van der Waals surface area contributed by atoms with Gasteiger partial charge in [-0.3, -0.25) is 4.79 Å². The van der Waals surface area contributed by atoms with Crippen LogP contribution in [-0.4, -0.2) is 68.3 Å². The zero-order valence-electron chi connectivity index (χ0n) is 21.6. The fourth-order valence-electron chi connectivity index (χ4n) is 4.42. The van der Waals surface area contributed by atoms with Crippen molar-refractivity contribution in [3.63, 3.8) is 0 Å². The van der Waals surface area contributed by atoms with Crippen LogP contribution in [0.5, 0.6) is 0 Å². The van der Waals surface area contributed by atoms with Crippen molar-refractivity contribution in [1.82, 2.24) is 15.8 Å². The molecule has 1 amide bonds. The number of rotatable bonds is 12. The van der Waals surface area contributed by atoms with Gasteiger partial charge in [0.25, 0.3) is 5.91 Å². The topological polar surface area (TPSA) is 79.9 Å². The maximum atomic E-state index is 13.4. The highest BCUT2D eigenvalue weighted by Crippen LogP contribution is 2.29. The number of methoxy groups -OCH3 is 2. The highest BCUT2D eigenvalue weighted by atomic mass is 32.2. The summed E-state index contributed by atoms with van der Waals surface area (Å²) in [5, 5.41) is 5.09. The summed E-state index contributed by atoms with van der Waals surface area (Å²) in [7, 11) is 3.07. The van der Waals surface area contributed by atoms with E-state index < -0.39 is 12.0 Å². The molecule has 2 aromatic rings. The Morgan fingerprint density at radius 3 is 2.72 bits per heavy atom. The normalized spacial score (nSPS) is 16.7. The van der Waals surface area contributed by atoms with E-state index >= 15 is 0 Å². The molecule has 194 valence electrons. The first-order valence-corrected chi connectivity index (χ1v) is 13.6. The summed E-state index contributed by atoms with van der Waals surface area (Å²) < 4.78 is 10.2. The van der Waals surface area contributed by atoms with Gasteiger partial charge in [0.1, 0.15) is 6.04 Å². The molecule has 0 saturated carbocycles. The molecule has 2 atom stereocenters. The SMILES string of the molecule is COC[C@H]1CCCN1N/C=C/c1ccc(C(=O)N[C@@H](CCSC)C(=O)OC)c(-c2ccccc2C)c1. The van der Waals surface area contributed by atoms with Crippen molar-refractivity contribution in [3.8, 4) is 11.1 Å². The van der Waals surface area contributed by atoms with Crippen LogP contribution in [0, 0.1) is 6.92 Å². The predicted octanol–water partition coefficient (Wildman–Crippen LogP) is 4.27. The Kier molecular flexibility index (Phi) is 10.8. The number of nitrogens with zero attached hydrogens (tertiary/aromatic N) is 1. The average Bonchev–Trinajstić information content (AvgIpc) is 3.33. The third-order valence-electron chi connectivity index (χ3n) is 6.38. The lowest BCUT2D eigenvalue weighted by atomic mass is 9.93. The number of hydrazine groups is 1. The smallest absolute Gasteiger partial charge is 0.328 e. The summed E-state index contributed by atoms with van der Waals surface area (Å²) in [6.45, 7) is 3.70. The second kappa shape index (κ2) is 14.1. The molecule has 2 aromatic carbocycles. The number of carbonyl (C=O) groups excluding carboxylic acids is 2. The van der Waals surface area contributed by atoms with Crippen molar-refractivity contribution in [2.75, 3.05) is 39.4 Å². The number of aryl methyl sites for hydroxylation is 1. The Balaban J connectivity index is 1.86. The van der Waals surface area contributed by atoms with Crippen molar-refractivity contribution in [3.05, 3.63) is 65.4 Å². The Morgan fingerprint density at radius 2 is 2.00 bits per heavy atom. The van der Waals surface area contributed by atoms with E-state index in [2.05, 4.69) is 15.8 Å². The zero-order chi connectivity index (χ0) is 25.9. The average molecular weight is 512 g/mol. The monoisotopic (exact) mass is 511 g/mol. The molecule has 36 heavy (non-hydrogen) atoms. The minimum absolute atomic E-state index is 0.294. The number of carbonyl (C=O) groups is 2. The molecule has 2 N–H and O–H groups in total. The van der Waals surface area contributed by atoms with Crippen LogP contribution in [0.3, 0.4) is 0 Å². The van der Waals surface area contributed by atoms with E-state index in [9.17, 15) is 9.59 Å². The van der Waals surface area contributed by atoms with Crippen LogP contribution < -0.4 is 10.7 Å². The van der Waals surface area contributed by atoms with Crippen molar-refractivity contribution < 1.29 is 19.1 Å². The van der Waals surface area contributed by atoms with E-state index in [0.717, 1.165) is 47.4 Å². The Bertz CT molecular complexity index is 1060. The van der Waals surface area contributed by atoms with Gasteiger partial charge in [-0.25, -0.2) is 9.80 Å². The van der Waals surface area contributed by atoms with Crippen molar-refractivity contribution in [1.29, 1.82) is 0 Å². The molecule has 1 aliphatic rings. The molecule has 0 aromatic heterocycles. The van der Waals surface area contributed by atoms with Crippen LogP contribution in [0.25, 0.3) is 17.2 Å². The van der Waals surface area contributed by atoms with E-state index in [1.54, 1.807) is 18.9 Å². The van der Waals surface area contributed by atoms with Gasteiger partial charge < -0.3 is 20.2 Å². The Labute approximate surface area is 218 Å². The number of nitrogens with one attached hydrogen (secondary N) is 2. The molecule has 1 saturated heterocycles. The highest BCUT2D eigenvalue weighted by molar-refractivity contribution is 7.98. The van der Waals surface area contributed by atoms with Crippen LogP contribution in [0.4, 0.5) is 0 Å². The number of hydrogen-bond donors (Lipinski definition) is 2.